The van der Waals surface area contributed by atoms with Gasteiger partial charge in [-0.05, 0) is 230 Å². The smallest absolute Gasteiger partial charge is 0.258 e. The lowest BCUT2D eigenvalue weighted by Crippen LogP contribution is -2.44. The topological polar surface area (TPSA) is 203 Å². The van der Waals surface area contributed by atoms with Gasteiger partial charge in [0.2, 0.25) is 0 Å². The van der Waals surface area contributed by atoms with Crippen LogP contribution in [0.1, 0.15) is 153 Å². The van der Waals surface area contributed by atoms with Crippen molar-refractivity contribution < 1.29 is 0 Å². The summed E-state index contributed by atoms with van der Waals surface area (Å²) in [5.74, 6) is 1.52. The molecule has 0 N–H and O–H groups in total. The fraction of sp³-hybridized carbons (Fsp3) is 0.425. The van der Waals surface area contributed by atoms with Crippen LogP contribution in [0, 0.1) is 41.5 Å². The Kier molecular flexibility index (Phi) is 16.2. The summed E-state index contributed by atoms with van der Waals surface area (Å²) in [6.07, 6.45) is 25.4. The van der Waals surface area contributed by atoms with Gasteiger partial charge in [-0.1, -0.05) is 24.6 Å². The molecule has 3 saturated heterocycles. The molecule has 0 aromatic carbocycles. The van der Waals surface area contributed by atoms with E-state index in [1.165, 1.54) is 75.0 Å². The van der Waals surface area contributed by atoms with Gasteiger partial charge in [-0.3, -0.25) is 42.5 Å². The number of aryl methyl sites for hydroxylation is 6. The van der Waals surface area contributed by atoms with Gasteiger partial charge in [0.25, 0.3) is 16.7 Å². The van der Waals surface area contributed by atoms with Gasteiger partial charge in [0, 0.05) is 54.9 Å². The molecule has 17 rings (SSSR count). The first kappa shape index (κ1) is 61.0. The number of hydrogen-bond acceptors (Lipinski definition) is 15. The van der Waals surface area contributed by atoms with Crippen LogP contribution in [0.4, 0.5) is 0 Å². The molecule has 482 valence electrons. The molecule has 0 unspecified atom stereocenters. The number of piperidine rings is 3. The van der Waals surface area contributed by atoms with Crippen molar-refractivity contribution in [1.29, 1.82) is 0 Å². The predicted octanol–water partition coefficient (Wildman–Crippen LogP) is 10.7. The first-order valence-corrected chi connectivity index (χ1v) is 33.8. The quantitative estimate of drug-likeness (QED) is 0.132. The molecule has 0 atom stereocenters. The summed E-state index contributed by atoms with van der Waals surface area (Å²) < 4.78 is 10.5. The van der Waals surface area contributed by atoms with E-state index in [0.717, 1.165) is 114 Å². The second-order valence-corrected chi connectivity index (χ2v) is 27.3. The maximum Gasteiger partial charge on any atom is 0.258 e. The van der Waals surface area contributed by atoms with Gasteiger partial charge >= 0.3 is 0 Å². The van der Waals surface area contributed by atoms with E-state index in [1.807, 2.05) is 129 Å². The molecule has 94 heavy (non-hydrogen) atoms. The average molecular weight is 1260 g/mol. The van der Waals surface area contributed by atoms with Gasteiger partial charge in [-0.2, -0.15) is 15.3 Å². The second-order valence-electron chi connectivity index (χ2n) is 27.3. The highest BCUT2D eigenvalue weighted by Gasteiger charge is 2.33. The maximum atomic E-state index is 13.0. The second kappa shape index (κ2) is 24.9. The number of aromatic nitrogens is 15. The van der Waals surface area contributed by atoms with Gasteiger partial charge in [-0.15, -0.1) is 0 Å². The van der Waals surface area contributed by atoms with Crippen molar-refractivity contribution in [3.63, 3.8) is 0 Å². The first-order chi connectivity index (χ1) is 45.5. The molecule has 21 nitrogen and oxygen atoms in total. The number of fused-ring (bicyclic) bond motifs is 6. The molecule has 0 amide bonds. The number of pyridine rings is 3. The molecule has 5 aliphatic rings. The number of nitrogens with zero attached hydrogens (tertiary/aromatic N) is 18. The molecule has 2 saturated carbocycles. The van der Waals surface area contributed by atoms with Gasteiger partial charge < -0.3 is 14.7 Å². The van der Waals surface area contributed by atoms with Crippen LogP contribution in [0.25, 0.3) is 67.7 Å². The zero-order chi connectivity index (χ0) is 64.6. The highest BCUT2D eigenvalue weighted by Crippen LogP contribution is 2.37. The minimum atomic E-state index is -0.0791. The van der Waals surface area contributed by atoms with Gasteiger partial charge in [-0.25, -0.2) is 28.5 Å². The molecule has 0 bridgehead atoms. The highest BCUT2D eigenvalue weighted by molar-refractivity contribution is 5.69. The lowest BCUT2D eigenvalue weighted by molar-refractivity contribution is 0.0975. The van der Waals surface area contributed by atoms with Crippen LogP contribution in [0.2, 0.25) is 0 Å². The van der Waals surface area contributed by atoms with E-state index in [2.05, 4.69) is 77.0 Å². The van der Waals surface area contributed by atoms with Crippen molar-refractivity contribution in [3.05, 3.63) is 192 Å². The molecule has 12 aromatic heterocycles. The van der Waals surface area contributed by atoms with Crippen molar-refractivity contribution in [2.45, 2.75) is 162 Å². The molecule has 0 spiro atoms. The van der Waals surface area contributed by atoms with Crippen LogP contribution in [-0.2, 0) is 0 Å². The predicted molar refractivity (Wildman–Crippen MR) is 365 cm³/mol. The maximum absolute atomic E-state index is 13.0. The van der Waals surface area contributed by atoms with Crippen molar-refractivity contribution in [2.24, 2.45) is 0 Å². The lowest BCUT2D eigenvalue weighted by atomic mass is 9.86. The van der Waals surface area contributed by atoms with Gasteiger partial charge in [0.15, 0.2) is 0 Å². The summed E-state index contributed by atoms with van der Waals surface area (Å²) in [6.45, 7) is 23.1. The Hall–Kier alpha value is -9.18. The Morgan fingerprint density at radius 1 is 0.362 bits per heavy atom. The van der Waals surface area contributed by atoms with Crippen LogP contribution in [-0.4, -0.2) is 144 Å². The normalized spacial score (nSPS) is 17.6. The first-order valence-electron chi connectivity index (χ1n) is 33.8. The average Bonchev–Trinajstić information content (AvgIpc) is 1.52. The SMILES string of the molecule is Cc1cn2nc(-c3cc(=O)n4cc(C5CCN(C(C)C)CC5)ccc4n3)cc2c(C)n1.Cc1cn2nc(-c3cc(=O)n4cc(C5CCN(C6CC6)CC5)ccc4n3)cc2c(C)n1.Cc1cn2nc(-c3cc(=O)n4cc(C5CCN(C6CCC6)CC5)ccc4n3)cc2c(C)n1. The Morgan fingerprint density at radius 2 is 0.681 bits per heavy atom. The number of rotatable bonds is 9. The molecular formula is C73H82N18O3. The fourth-order valence-corrected chi connectivity index (χ4v) is 14.9. The molecular weight excluding hydrogens is 1180 g/mol. The molecule has 3 aliphatic heterocycles. The summed E-state index contributed by atoms with van der Waals surface area (Å²) in [6, 6.07) is 25.2. The minimum absolute atomic E-state index is 0.0677. The van der Waals surface area contributed by atoms with E-state index in [9.17, 15) is 14.4 Å². The van der Waals surface area contributed by atoms with E-state index in [1.54, 1.807) is 31.4 Å². The Labute approximate surface area is 544 Å². The van der Waals surface area contributed by atoms with Crippen molar-refractivity contribution >= 4 is 33.5 Å². The number of hydrogen-bond donors (Lipinski definition) is 0. The van der Waals surface area contributed by atoms with Crippen LogP contribution in [0.5, 0.6) is 0 Å². The molecule has 12 aromatic rings. The van der Waals surface area contributed by atoms with Crippen LogP contribution < -0.4 is 16.7 Å². The van der Waals surface area contributed by atoms with Crippen LogP contribution in [0.15, 0.2) is 124 Å². The van der Waals surface area contributed by atoms with E-state index in [0.29, 0.717) is 74.9 Å². The summed E-state index contributed by atoms with van der Waals surface area (Å²) in [5, 5.41) is 13.9. The van der Waals surface area contributed by atoms with Crippen LogP contribution >= 0.6 is 0 Å². The molecule has 15 heterocycles. The highest BCUT2D eigenvalue weighted by atomic mass is 16.1. The van der Waals surface area contributed by atoms with E-state index >= 15 is 0 Å². The van der Waals surface area contributed by atoms with E-state index in [4.69, 9.17) is 15.0 Å². The Morgan fingerprint density at radius 3 is 0.979 bits per heavy atom. The zero-order valence-corrected chi connectivity index (χ0v) is 55.2. The Bertz CT molecular complexity index is 4860. The molecule has 21 heteroatoms. The molecule has 2 aliphatic carbocycles. The monoisotopic (exact) mass is 1260 g/mol. The molecule has 0 radical (unpaired) electrons. The van der Waals surface area contributed by atoms with Crippen molar-refractivity contribution in [1.82, 2.24) is 86.6 Å². The van der Waals surface area contributed by atoms with Crippen molar-refractivity contribution in [2.75, 3.05) is 39.3 Å². The Balaban J connectivity index is 0.000000116. The standard InChI is InChI=1S/C25H28N6O.C24H26N6O.C24H28N6O/c1-16-14-31-23(17(2)26-16)12-22(28-31)21-13-25(32)30-15-19(6-7-24(30)27-21)18-8-10-29(11-9-18)20-4-3-5-20;1-15-13-30-22(16(2)25-15)11-21(27-30)20-12-24(31)29-14-18(3-6-23(29)26-20)17-7-9-28(10-8-17)19-4-5-19;1-15(2)28-9-7-18(8-10-28)19-5-6-23-26-20(12-24(31)29(23)14-19)21-11-22-17(4)25-16(3)13-30(22)27-21/h6-7,12-15,18,20H,3-5,8-11H2,1-2H3;3,6,11-14,17,19H,4-5,7-10H2,1-2H3;5-6,11-15,18H,7-10H2,1-4H3. The van der Waals surface area contributed by atoms with Gasteiger partial charge in [0.05, 0.1) is 86.4 Å². The fourth-order valence-electron chi connectivity index (χ4n) is 14.9. The summed E-state index contributed by atoms with van der Waals surface area (Å²) in [5.41, 5.74) is 17.5. The largest absolute Gasteiger partial charge is 0.301 e. The minimum Gasteiger partial charge on any atom is -0.301 e. The van der Waals surface area contributed by atoms with E-state index < -0.39 is 0 Å². The number of likely N-dealkylation sites (tertiary alicyclic amines) is 3. The third-order valence-electron chi connectivity index (χ3n) is 20.5. The van der Waals surface area contributed by atoms with Crippen LogP contribution in [0.3, 0.4) is 0 Å². The molecule has 5 fully saturated rings. The third kappa shape index (κ3) is 12.2. The summed E-state index contributed by atoms with van der Waals surface area (Å²) >= 11 is 0. The van der Waals surface area contributed by atoms with E-state index in [-0.39, 0.29) is 16.7 Å². The summed E-state index contributed by atoms with van der Waals surface area (Å²) in [4.78, 5) is 74.4. The zero-order valence-electron chi connectivity index (χ0n) is 55.2. The lowest BCUT2D eigenvalue weighted by Gasteiger charge is -2.41. The van der Waals surface area contributed by atoms with Gasteiger partial charge in [0.1, 0.15) is 34.0 Å². The summed E-state index contributed by atoms with van der Waals surface area (Å²) in [7, 11) is 0. The van der Waals surface area contributed by atoms with Crippen molar-refractivity contribution in [3.8, 4) is 34.2 Å². The third-order valence-corrected chi connectivity index (χ3v) is 20.5.